The van der Waals surface area contributed by atoms with Gasteiger partial charge in [0.05, 0.1) is 5.56 Å². The minimum atomic E-state index is -4.42. The molecule has 28 heavy (non-hydrogen) atoms. The number of hydrogen-bond donors (Lipinski definition) is 2. The highest BCUT2D eigenvalue weighted by Gasteiger charge is 2.30. The van der Waals surface area contributed by atoms with Crippen molar-refractivity contribution >= 4 is 17.5 Å². The topological polar surface area (TPSA) is 49.8 Å². The molecule has 0 fully saturated rings. The van der Waals surface area contributed by atoms with E-state index in [1.807, 2.05) is 0 Å². The fraction of sp³-hybridized carbons (Fsp3) is 0.200. The summed E-state index contributed by atoms with van der Waals surface area (Å²) in [5.41, 5.74) is 0.736. The molecule has 0 aliphatic heterocycles. The lowest BCUT2D eigenvalue weighted by Gasteiger charge is -2.12. The quantitative estimate of drug-likeness (QED) is 0.558. The van der Waals surface area contributed by atoms with Gasteiger partial charge in [0.25, 0.3) is 0 Å². The zero-order chi connectivity index (χ0) is 20.1. The molecule has 0 unspecified atom stereocenters. The Bertz CT molecular complexity index is 957. The van der Waals surface area contributed by atoms with Crippen LogP contribution in [0.15, 0.2) is 54.6 Å². The number of benzene rings is 2. The summed E-state index contributed by atoms with van der Waals surface area (Å²) in [6.45, 7) is 2.16. The Labute approximate surface area is 159 Å². The zero-order valence-electron chi connectivity index (χ0n) is 15.0. The molecular weight excluding hydrogens is 372 g/mol. The number of nitrogens with zero attached hydrogens (tertiary/aromatic N) is 2. The third-order valence-corrected chi connectivity index (χ3v) is 3.95. The van der Waals surface area contributed by atoms with E-state index in [1.54, 1.807) is 31.2 Å². The standard InChI is InChI=1S/C20H18F4N4/c1-13-11-18(27-16-7-4-6-15(12-16)20(22,23)24)28-19(26-13)25-10-9-14-5-2-3-8-17(14)21/h2-8,11-12H,9-10H2,1H3,(H2,25,26,27,28). The largest absolute Gasteiger partial charge is 0.416 e. The van der Waals surface area contributed by atoms with Crippen LogP contribution in [0.2, 0.25) is 0 Å². The summed E-state index contributed by atoms with van der Waals surface area (Å²) in [4.78, 5) is 8.52. The molecule has 0 amide bonds. The van der Waals surface area contributed by atoms with Crippen LogP contribution in [0.3, 0.4) is 0 Å². The number of alkyl halides is 3. The molecule has 146 valence electrons. The third kappa shape index (κ3) is 5.18. The molecular formula is C20H18F4N4. The van der Waals surface area contributed by atoms with Gasteiger partial charge in [-0.1, -0.05) is 24.3 Å². The molecule has 3 rings (SSSR count). The predicted molar refractivity (Wildman–Crippen MR) is 100 cm³/mol. The fourth-order valence-electron chi connectivity index (χ4n) is 2.64. The second kappa shape index (κ2) is 8.24. The normalized spacial score (nSPS) is 11.3. The van der Waals surface area contributed by atoms with Crippen molar-refractivity contribution < 1.29 is 17.6 Å². The first-order valence-electron chi connectivity index (χ1n) is 8.58. The van der Waals surface area contributed by atoms with Gasteiger partial charge < -0.3 is 10.6 Å². The monoisotopic (exact) mass is 390 g/mol. The van der Waals surface area contributed by atoms with Crippen LogP contribution >= 0.6 is 0 Å². The summed E-state index contributed by atoms with van der Waals surface area (Å²) in [5, 5.41) is 5.88. The minimum absolute atomic E-state index is 0.269. The van der Waals surface area contributed by atoms with Gasteiger partial charge in [-0.25, -0.2) is 9.37 Å². The van der Waals surface area contributed by atoms with Gasteiger partial charge in [0.2, 0.25) is 5.95 Å². The SMILES string of the molecule is Cc1cc(Nc2cccc(C(F)(F)F)c2)nc(NCCc2ccccc2F)n1. The van der Waals surface area contributed by atoms with Crippen LogP contribution in [0.5, 0.6) is 0 Å². The molecule has 0 spiro atoms. The van der Waals surface area contributed by atoms with Crippen molar-refractivity contribution in [1.82, 2.24) is 9.97 Å². The summed E-state index contributed by atoms with van der Waals surface area (Å²) in [7, 11) is 0. The zero-order valence-corrected chi connectivity index (χ0v) is 15.0. The molecule has 2 aromatic carbocycles. The second-order valence-electron chi connectivity index (χ2n) is 6.19. The Morgan fingerprint density at radius 2 is 1.75 bits per heavy atom. The maximum absolute atomic E-state index is 13.7. The lowest BCUT2D eigenvalue weighted by molar-refractivity contribution is -0.137. The van der Waals surface area contributed by atoms with E-state index in [9.17, 15) is 17.6 Å². The first-order valence-corrected chi connectivity index (χ1v) is 8.58. The van der Waals surface area contributed by atoms with Gasteiger partial charge in [-0.05, 0) is 43.2 Å². The Morgan fingerprint density at radius 3 is 2.50 bits per heavy atom. The smallest absolute Gasteiger partial charge is 0.354 e. The number of hydrogen-bond acceptors (Lipinski definition) is 4. The van der Waals surface area contributed by atoms with Crippen molar-refractivity contribution in [2.45, 2.75) is 19.5 Å². The molecule has 2 N–H and O–H groups in total. The van der Waals surface area contributed by atoms with Gasteiger partial charge in [-0.3, -0.25) is 0 Å². The molecule has 3 aromatic rings. The van der Waals surface area contributed by atoms with Crippen LogP contribution in [0.4, 0.5) is 35.0 Å². The average molecular weight is 390 g/mol. The lowest BCUT2D eigenvalue weighted by atomic mass is 10.1. The lowest BCUT2D eigenvalue weighted by Crippen LogP contribution is -2.10. The molecule has 0 aliphatic rings. The minimum Gasteiger partial charge on any atom is -0.354 e. The van der Waals surface area contributed by atoms with E-state index in [0.717, 1.165) is 12.1 Å². The Kier molecular flexibility index (Phi) is 5.77. The molecule has 1 aromatic heterocycles. The van der Waals surface area contributed by atoms with Crippen molar-refractivity contribution in [1.29, 1.82) is 0 Å². The first kappa shape index (κ1) is 19.6. The van der Waals surface area contributed by atoms with Crippen molar-refractivity contribution in [2.75, 3.05) is 17.2 Å². The average Bonchev–Trinajstić information content (AvgIpc) is 2.62. The van der Waals surface area contributed by atoms with E-state index in [-0.39, 0.29) is 11.5 Å². The first-order chi connectivity index (χ1) is 13.3. The van der Waals surface area contributed by atoms with Gasteiger partial charge >= 0.3 is 6.18 Å². The molecule has 8 heteroatoms. The van der Waals surface area contributed by atoms with E-state index in [4.69, 9.17) is 0 Å². The molecule has 0 saturated carbocycles. The van der Waals surface area contributed by atoms with Gasteiger partial charge in [-0.15, -0.1) is 0 Å². The van der Waals surface area contributed by atoms with Crippen LogP contribution in [-0.4, -0.2) is 16.5 Å². The van der Waals surface area contributed by atoms with Gasteiger partial charge in [0.15, 0.2) is 0 Å². The highest BCUT2D eigenvalue weighted by Crippen LogP contribution is 2.31. The van der Waals surface area contributed by atoms with E-state index in [1.165, 1.54) is 18.2 Å². The number of anilines is 3. The Balaban J connectivity index is 1.69. The third-order valence-electron chi connectivity index (χ3n) is 3.95. The number of halogens is 4. The summed E-state index contributed by atoms with van der Waals surface area (Å²) in [6, 6.07) is 13.0. The summed E-state index contributed by atoms with van der Waals surface area (Å²) in [6.07, 6.45) is -3.97. The van der Waals surface area contributed by atoms with Crippen LogP contribution in [-0.2, 0) is 12.6 Å². The van der Waals surface area contributed by atoms with E-state index in [0.29, 0.717) is 36.0 Å². The molecule has 0 bridgehead atoms. The van der Waals surface area contributed by atoms with Crippen molar-refractivity contribution in [3.8, 4) is 0 Å². The maximum Gasteiger partial charge on any atom is 0.416 e. The highest BCUT2D eigenvalue weighted by molar-refractivity contribution is 5.58. The molecule has 0 aliphatic carbocycles. The predicted octanol–water partition coefficient (Wildman–Crippen LogP) is 5.34. The number of aromatic nitrogens is 2. The summed E-state index contributed by atoms with van der Waals surface area (Å²) < 4.78 is 52.2. The van der Waals surface area contributed by atoms with Crippen LogP contribution in [0.1, 0.15) is 16.8 Å². The van der Waals surface area contributed by atoms with Crippen molar-refractivity contribution in [3.05, 3.63) is 77.2 Å². The molecule has 0 atom stereocenters. The van der Waals surface area contributed by atoms with Gasteiger partial charge in [-0.2, -0.15) is 18.2 Å². The van der Waals surface area contributed by atoms with Crippen molar-refractivity contribution in [2.24, 2.45) is 0 Å². The number of nitrogens with one attached hydrogen (secondary N) is 2. The van der Waals surface area contributed by atoms with Crippen LogP contribution < -0.4 is 10.6 Å². The van der Waals surface area contributed by atoms with Crippen molar-refractivity contribution in [3.63, 3.8) is 0 Å². The molecule has 4 nitrogen and oxygen atoms in total. The Morgan fingerprint density at radius 1 is 0.964 bits per heavy atom. The maximum atomic E-state index is 13.7. The number of rotatable bonds is 6. The molecule has 1 heterocycles. The van der Waals surface area contributed by atoms with Crippen LogP contribution in [0.25, 0.3) is 0 Å². The molecule has 0 saturated heterocycles. The summed E-state index contributed by atoms with van der Waals surface area (Å²) in [5.74, 6) is 0.396. The van der Waals surface area contributed by atoms with Gasteiger partial charge in [0, 0.05) is 24.0 Å². The Hall–Kier alpha value is -3.16. The summed E-state index contributed by atoms with van der Waals surface area (Å²) >= 11 is 0. The van der Waals surface area contributed by atoms with Crippen LogP contribution in [0, 0.1) is 12.7 Å². The van der Waals surface area contributed by atoms with E-state index in [2.05, 4.69) is 20.6 Å². The highest BCUT2D eigenvalue weighted by atomic mass is 19.4. The number of aryl methyl sites for hydroxylation is 1. The van der Waals surface area contributed by atoms with Gasteiger partial charge in [0.1, 0.15) is 11.6 Å². The second-order valence-corrected chi connectivity index (χ2v) is 6.19. The molecule has 0 radical (unpaired) electrons. The fourth-order valence-corrected chi connectivity index (χ4v) is 2.64. The van der Waals surface area contributed by atoms with E-state index >= 15 is 0 Å². The van der Waals surface area contributed by atoms with E-state index < -0.39 is 11.7 Å².